The molecule has 2 atom stereocenters. The Labute approximate surface area is 166 Å². The first kappa shape index (κ1) is 18.3. The van der Waals surface area contributed by atoms with E-state index in [4.69, 9.17) is 17.0 Å². The van der Waals surface area contributed by atoms with Gasteiger partial charge in [0.25, 0.3) is 0 Å². The molecule has 1 aromatic carbocycles. The van der Waals surface area contributed by atoms with Crippen LogP contribution >= 0.6 is 28.1 Å². The molecule has 2 aromatic heterocycles. The minimum Gasteiger partial charge on any atom is -0.464 e. The molecule has 0 fully saturated rings. The second-order valence-corrected chi connectivity index (χ2v) is 7.59. The molecule has 0 aliphatic carbocycles. The van der Waals surface area contributed by atoms with Crippen LogP contribution in [-0.4, -0.2) is 38.1 Å². The number of hydrogen-bond acceptors (Lipinski definition) is 4. The third-order valence-electron chi connectivity index (χ3n) is 4.52. The largest absolute Gasteiger partial charge is 0.464 e. The van der Waals surface area contributed by atoms with Gasteiger partial charge < -0.3 is 14.3 Å². The summed E-state index contributed by atoms with van der Waals surface area (Å²) in [6, 6.07) is 1.96. The number of nitrogens with one attached hydrogen (secondary N) is 1. The lowest BCUT2D eigenvalue weighted by molar-refractivity contribution is -0.146. The van der Waals surface area contributed by atoms with E-state index < -0.39 is 24.0 Å². The first-order valence-electron chi connectivity index (χ1n) is 8.35. The molecule has 27 heavy (non-hydrogen) atoms. The number of alkyl halides is 1. The van der Waals surface area contributed by atoms with Crippen LogP contribution in [0.3, 0.4) is 0 Å². The fourth-order valence-electron chi connectivity index (χ4n) is 3.41. The van der Waals surface area contributed by atoms with Crippen LogP contribution in [-0.2, 0) is 22.5 Å². The maximum Gasteiger partial charge on any atom is 0.337 e. The van der Waals surface area contributed by atoms with Gasteiger partial charge >= 0.3 is 5.97 Å². The van der Waals surface area contributed by atoms with Crippen LogP contribution in [0.2, 0.25) is 0 Å². The van der Waals surface area contributed by atoms with Crippen molar-refractivity contribution < 1.29 is 18.3 Å². The number of aromatic amines is 1. The van der Waals surface area contributed by atoms with E-state index in [2.05, 4.69) is 26.0 Å². The van der Waals surface area contributed by atoms with Crippen molar-refractivity contribution in [3.8, 4) is 0 Å². The molecule has 0 saturated carbocycles. The first-order chi connectivity index (χ1) is 12.9. The van der Waals surface area contributed by atoms with Crippen LogP contribution in [0.1, 0.15) is 24.4 Å². The number of halogens is 3. The zero-order chi connectivity index (χ0) is 19.3. The van der Waals surface area contributed by atoms with Gasteiger partial charge in [0.15, 0.2) is 10.8 Å². The Morgan fingerprint density at radius 1 is 1.56 bits per heavy atom. The SMILES string of the molecule is CCOC(=O)C(c1[nH]c(=S)n2c1CC(F)C2)n1cc2c(F)cc(Br)cc2n1. The molecule has 1 aliphatic heterocycles. The van der Waals surface area contributed by atoms with E-state index in [-0.39, 0.29) is 25.0 Å². The highest BCUT2D eigenvalue weighted by Gasteiger charge is 2.35. The van der Waals surface area contributed by atoms with Gasteiger partial charge in [0.05, 0.1) is 29.7 Å². The van der Waals surface area contributed by atoms with Crippen molar-refractivity contribution in [3.63, 3.8) is 0 Å². The van der Waals surface area contributed by atoms with Crippen molar-refractivity contribution in [2.45, 2.75) is 32.1 Å². The quantitative estimate of drug-likeness (QED) is 0.478. The van der Waals surface area contributed by atoms with Crippen molar-refractivity contribution >= 4 is 45.0 Å². The highest BCUT2D eigenvalue weighted by molar-refractivity contribution is 9.10. The number of hydrogen-bond donors (Lipinski definition) is 1. The fourth-order valence-corrected chi connectivity index (χ4v) is 4.13. The van der Waals surface area contributed by atoms with E-state index in [0.717, 1.165) is 0 Å². The van der Waals surface area contributed by atoms with Gasteiger partial charge in [-0.25, -0.2) is 13.6 Å². The summed E-state index contributed by atoms with van der Waals surface area (Å²) in [5.41, 5.74) is 1.41. The van der Waals surface area contributed by atoms with Gasteiger partial charge in [0.2, 0.25) is 0 Å². The van der Waals surface area contributed by atoms with Gasteiger partial charge in [-0.15, -0.1) is 0 Å². The van der Waals surface area contributed by atoms with Crippen molar-refractivity contribution in [3.05, 3.63) is 44.8 Å². The predicted octanol–water partition coefficient (Wildman–Crippen LogP) is 3.84. The Hall–Kier alpha value is -2.07. The van der Waals surface area contributed by atoms with Crippen LogP contribution in [0.4, 0.5) is 8.78 Å². The molecule has 0 saturated heterocycles. The van der Waals surface area contributed by atoms with Crippen molar-refractivity contribution in [1.82, 2.24) is 19.3 Å². The van der Waals surface area contributed by atoms with Gasteiger partial charge in [0, 0.05) is 22.8 Å². The molecule has 142 valence electrons. The molecule has 0 radical (unpaired) electrons. The second-order valence-electron chi connectivity index (χ2n) is 6.29. The summed E-state index contributed by atoms with van der Waals surface area (Å²) >= 11 is 8.50. The number of carbonyl (C=O) groups excluding carboxylic acids is 1. The van der Waals surface area contributed by atoms with E-state index in [1.807, 2.05) is 0 Å². The van der Waals surface area contributed by atoms with Gasteiger partial charge in [-0.05, 0) is 31.3 Å². The van der Waals surface area contributed by atoms with E-state index in [1.165, 1.54) is 16.9 Å². The monoisotopic (exact) mass is 456 g/mol. The third-order valence-corrected chi connectivity index (χ3v) is 5.30. The smallest absolute Gasteiger partial charge is 0.337 e. The van der Waals surface area contributed by atoms with Crippen molar-refractivity contribution in [1.29, 1.82) is 0 Å². The number of esters is 1. The summed E-state index contributed by atoms with van der Waals surface area (Å²) in [5, 5.41) is 4.63. The predicted molar refractivity (Wildman–Crippen MR) is 100 cm³/mol. The summed E-state index contributed by atoms with van der Waals surface area (Å²) in [4.78, 5) is 15.7. The van der Waals surface area contributed by atoms with Gasteiger partial charge in [-0.3, -0.25) is 4.68 Å². The van der Waals surface area contributed by atoms with E-state index >= 15 is 0 Å². The zero-order valence-corrected chi connectivity index (χ0v) is 16.6. The van der Waals surface area contributed by atoms with Crippen LogP contribution in [0.25, 0.3) is 10.9 Å². The number of rotatable bonds is 4. The number of nitrogens with zero attached hydrogens (tertiary/aromatic N) is 3. The molecule has 4 rings (SSSR count). The zero-order valence-electron chi connectivity index (χ0n) is 14.2. The third kappa shape index (κ3) is 3.10. The highest BCUT2D eigenvalue weighted by Crippen LogP contribution is 2.31. The van der Waals surface area contributed by atoms with Gasteiger partial charge in [-0.1, -0.05) is 15.9 Å². The summed E-state index contributed by atoms with van der Waals surface area (Å²) in [7, 11) is 0. The molecule has 10 heteroatoms. The molecule has 3 aromatic rings. The Morgan fingerprint density at radius 2 is 2.33 bits per heavy atom. The normalized spacial score (nSPS) is 17.3. The van der Waals surface area contributed by atoms with E-state index in [0.29, 0.717) is 26.1 Å². The fraction of sp³-hybridized carbons (Fsp3) is 0.353. The average molecular weight is 457 g/mol. The van der Waals surface area contributed by atoms with Gasteiger partial charge in [0.1, 0.15) is 12.0 Å². The Bertz CT molecular complexity index is 1110. The maximum absolute atomic E-state index is 14.3. The van der Waals surface area contributed by atoms with E-state index in [1.54, 1.807) is 17.6 Å². The molecule has 2 unspecified atom stereocenters. The second kappa shape index (κ2) is 6.83. The molecule has 0 amide bonds. The number of carbonyl (C=O) groups is 1. The average Bonchev–Trinajstić information content (AvgIpc) is 3.24. The Kier molecular flexibility index (Phi) is 4.63. The summed E-state index contributed by atoms with van der Waals surface area (Å²) < 4.78 is 37.2. The van der Waals surface area contributed by atoms with Crippen LogP contribution in [0, 0.1) is 10.6 Å². The number of fused-ring (bicyclic) bond motifs is 2. The minimum atomic E-state index is -1.07. The number of imidazole rings is 1. The standard InChI is InChI=1S/C17H15BrF2N4O2S/c1-2-26-16(25)15(14-13-5-9(19)6-23(13)17(27)21-14)24-7-10-11(20)3-8(18)4-12(10)22-24/h3-4,7,9,15H,2,5-6H2,1H3,(H,21,27). The molecule has 6 nitrogen and oxygen atoms in total. The molecule has 0 bridgehead atoms. The van der Waals surface area contributed by atoms with Crippen molar-refractivity contribution in [2.75, 3.05) is 6.61 Å². The highest BCUT2D eigenvalue weighted by atomic mass is 79.9. The molecular weight excluding hydrogens is 442 g/mol. The maximum atomic E-state index is 14.3. The number of H-pyrrole nitrogens is 1. The molecule has 0 spiro atoms. The lowest BCUT2D eigenvalue weighted by Gasteiger charge is -2.16. The summed E-state index contributed by atoms with van der Waals surface area (Å²) in [6.45, 7) is 2.00. The number of ether oxygens (including phenoxy) is 1. The molecule has 1 N–H and O–H groups in total. The minimum absolute atomic E-state index is 0.138. The Morgan fingerprint density at radius 3 is 3.07 bits per heavy atom. The molecular formula is C17H15BrF2N4O2S. The number of aromatic nitrogens is 4. The summed E-state index contributed by atoms with van der Waals surface area (Å²) in [6.07, 6.45) is 0.517. The lowest BCUT2D eigenvalue weighted by Crippen LogP contribution is -2.25. The number of benzene rings is 1. The lowest BCUT2D eigenvalue weighted by atomic mass is 10.1. The van der Waals surface area contributed by atoms with Crippen molar-refractivity contribution in [2.24, 2.45) is 0 Å². The van der Waals surface area contributed by atoms with Gasteiger partial charge in [-0.2, -0.15) is 5.10 Å². The first-order valence-corrected chi connectivity index (χ1v) is 9.55. The molecule has 1 aliphatic rings. The topological polar surface area (TPSA) is 64.8 Å². The summed E-state index contributed by atoms with van der Waals surface area (Å²) in [5.74, 6) is -1.04. The molecule has 3 heterocycles. The van der Waals surface area contributed by atoms with E-state index in [9.17, 15) is 13.6 Å². The van der Waals surface area contributed by atoms with Crippen LogP contribution in [0.15, 0.2) is 22.8 Å². The van der Waals surface area contributed by atoms with Crippen LogP contribution in [0.5, 0.6) is 0 Å². The van der Waals surface area contributed by atoms with Crippen LogP contribution < -0.4 is 0 Å². The Balaban J connectivity index is 1.89.